The Labute approximate surface area is 72.8 Å². The van der Waals surface area contributed by atoms with E-state index in [1.54, 1.807) is 0 Å². The minimum atomic E-state index is 0.648. The van der Waals surface area contributed by atoms with Gasteiger partial charge in [0.25, 0.3) is 0 Å². The van der Waals surface area contributed by atoms with Gasteiger partial charge in [0.2, 0.25) is 0 Å². The van der Waals surface area contributed by atoms with Crippen molar-refractivity contribution in [3.05, 3.63) is 29.6 Å². The van der Waals surface area contributed by atoms with Crippen LogP contribution >= 0.6 is 0 Å². The van der Waals surface area contributed by atoms with Gasteiger partial charge >= 0.3 is 0 Å². The minimum absolute atomic E-state index is 0.648. The lowest BCUT2D eigenvalue weighted by Crippen LogP contribution is -2.02. The van der Waals surface area contributed by atoms with Crippen molar-refractivity contribution in [3.63, 3.8) is 0 Å². The molecule has 1 aliphatic rings. The Morgan fingerprint density at radius 3 is 3.00 bits per heavy atom. The van der Waals surface area contributed by atoms with Crippen molar-refractivity contribution in [2.45, 2.75) is 19.3 Å². The molecule has 2 N–H and O–H groups in total. The predicted molar refractivity (Wildman–Crippen MR) is 48.9 cm³/mol. The molecule has 2 heteroatoms. The molecule has 2 rings (SSSR count). The monoisotopic (exact) mass is 162 g/mol. The Morgan fingerprint density at radius 1 is 1.58 bits per heavy atom. The van der Waals surface area contributed by atoms with E-state index < -0.39 is 0 Å². The van der Waals surface area contributed by atoms with Crippen molar-refractivity contribution in [2.24, 2.45) is 11.7 Å². The molecular weight excluding hydrogens is 148 g/mol. The summed E-state index contributed by atoms with van der Waals surface area (Å²) in [5.41, 5.74) is 7.91. The highest BCUT2D eigenvalue weighted by Gasteiger charge is 2.37. The van der Waals surface area contributed by atoms with E-state index in [1.807, 2.05) is 13.0 Å². The maximum absolute atomic E-state index is 5.57. The van der Waals surface area contributed by atoms with Gasteiger partial charge in [0, 0.05) is 17.3 Å². The Bertz CT molecular complexity index is 283. The summed E-state index contributed by atoms with van der Waals surface area (Å²) in [5, 5.41) is 0. The summed E-state index contributed by atoms with van der Waals surface area (Å²) >= 11 is 0. The standard InChI is InChI=1S/C10H14N2/c1-7-3-2-4-10(12-7)9-5-8(9)6-11/h2-4,8-9H,5-6,11H2,1H3/t8-,9+/m0/s1. The largest absolute Gasteiger partial charge is 0.330 e. The lowest BCUT2D eigenvalue weighted by atomic mass is 10.2. The first-order valence-electron chi connectivity index (χ1n) is 4.45. The Hall–Kier alpha value is -0.890. The van der Waals surface area contributed by atoms with Crippen LogP contribution in [0.25, 0.3) is 0 Å². The van der Waals surface area contributed by atoms with Crippen molar-refractivity contribution in [2.75, 3.05) is 6.54 Å². The number of hydrogen-bond donors (Lipinski definition) is 1. The molecule has 2 atom stereocenters. The highest BCUT2D eigenvalue weighted by molar-refractivity contribution is 5.20. The molecule has 1 fully saturated rings. The molecule has 0 aromatic carbocycles. The highest BCUT2D eigenvalue weighted by Crippen LogP contribution is 2.45. The third-order valence-corrected chi connectivity index (χ3v) is 2.52. The summed E-state index contributed by atoms with van der Waals surface area (Å²) in [6.07, 6.45) is 1.23. The fourth-order valence-electron chi connectivity index (χ4n) is 1.64. The van der Waals surface area contributed by atoms with Gasteiger partial charge in [-0.05, 0) is 37.9 Å². The zero-order chi connectivity index (χ0) is 8.55. The van der Waals surface area contributed by atoms with Crippen LogP contribution in [0.1, 0.15) is 23.7 Å². The van der Waals surface area contributed by atoms with Gasteiger partial charge in [0.1, 0.15) is 0 Å². The zero-order valence-corrected chi connectivity index (χ0v) is 7.33. The van der Waals surface area contributed by atoms with Crippen LogP contribution in [0, 0.1) is 12.8 Å². The Balaban J connectivity index is 2.14. The van der Waals surface area contributed by atoms with Crippen LogP contribution in [0.4, 0.5) is 0 Å². The van der Waals surface area contributed by atoms with E-state index in [-0.39, 0.29) is 0 Å². The molecule has 1 aromatic heterocycles. The van der Waals surface area contributed by atoms with Crippen molar-refractivity contribution in [1.82, 2.24) is 4.98 Å². The predicted octanol–water partition coefficient (Wildman–Crippen LogP) is 1.45. The topological polar surface area (TPSA) is 38.9 Å². The van der Waals surface area contributed by atoms with Gasteiger partial charge in [-0.3, -0.25) is 4.98 Å². The first kappa shape index (κ1) is 7.74. The summed E-state index contributed by atoms with van der Waals surface area (Å²) in [5.74, 6) is 1.34. The molecule has 0 amide bonds. The molecule has 1 aliphatic carbocycles. The van der Waals surface area contributed by atoms with Crippen LogP contribution in [0.15, 0.2) is 18.2 Å². The molecule has 0 saturated heterocycles. The second kappa shape index (κ2) is 2.87. The van der Waals surface area contributed by atoms with Crippen LogP contribution in [0.3, 0.4) is 0 Å². The van der Waals surface area contributed by atoms with Crippen molar-refractivity contribution in [3.8, 4) is 0 Å². The van der Waals surface area contributed by atoms with Gasteiger partial charge in [0.15, 0.2) is 0 Å². The highest BCUT2D eigenvalue weighted by atomic mass is 14.7. The molecule has 2 nitrogen and oxygen atoms in total. The zero-order valence-electron chi connectivity index (χ0n) is 7.33. The normalized spacial score (nSPS) is 27.2. The van der Waals surface area contributed by atoms with E-state index in [1.165, 1.54) is 12.1 Å². The second-order valence-electron chi connectivity index (χ2n) is 3.54. The molecule has 1 saturated carbocycles. The third kappa shape index (κ3) is 1.34. The van der Waals surface area contributed by atoms with Gasteiger partial charge in [-0.2, -0.15) is 0 Å². The van der Waals surface area contributed by atoms with Crippen molar-refractivity contribution >= 4 is 0 Å². The minimum Gasteiger partial charge on any atom is -0.330 e. The van der Waals surface area contributed by atoms with E-state index in [0.717, 1.165) is 12.2 Å². The first-order chi connectivity index (χ1) is 5.81. The van der Waals surface area contributed by atoms with E-state index >= 15 is 0 Å². The van der Waals surface area contributed by atoms with Crippen LogP contribution in [-0.4, -0.2) is 11.5 Å². The molecule has 0 aliphatic heterocycles. The lowest BCUT2D eigenvalue weighted by molar-refractivity contribution is 0.795. The molecule has 0 bridgehead atoms. The lowest BCUT2D eigenvalue weighted by Gasteiger charge is -1.98. The number of aromatic nitrogens is 1. The van der Waals surface area contributed by atoms with Gasteiger partial charge in [-0.15, -0.1) is 0 Å². The van der Waals surface area contributed by atoms with Crippen LogP contribution in [-0.2, 0) is 0 Å². The Kier molecular flexibility index (Phi) is 1.85. The number of pyridine rings is 1. The summed E-state index contributed by atoms with van der Waals surface area (Å²) < 4.78 is 0. The smallest absolute Gasteiger partial charge is 0.0441 e. The van der Waals surface area contributed by atoms with E-state index in [2.05, 4.69) is 17.1 Å². The van der Waals surface area contributed by atoms with Crippen molar-refractivity contribution < 1.29 is 0 Å². The maximum Gasteiger partial charge on any atom is 0.0441 e. The quantitative estimate of drug-likeness (QED) is 0.715. The number of nitrogens with zero attached hydrogens (tertiary/aromatic N) is 1. The van der Waals surface area contributed by atoms with E-state index in [4.69, 9.17) is 5.73 Å². The molecular formula is C10H14N2. The molecule has 1 aromatic rings. The SMILES string of the molecule is Cc1cccc([C@@H]2C[C@H]2CN)n1. The molecule has 0 unspecified atom stereocenters. The number of rotatable bonds is 2. The summed E-state index contributed by atoms with van der Waals surface area (Å²) in [6, 6.07) is 6.21. The molecule has 1 heterocycles. The average Bonchev–Trinajstić information content (AvgIpc) is 2.83. The third-order valence-electron chi connectivity index (χ3n) is 2.52. The summed E-state index contributed by atoms with van der Waals surface area (Å²) in [7, 11) is 0. The van der Waals surface area contributed by atoms with Gasteiger partial charge in [-0.1, -0.05) is 6.07 Å². The van der Waals surface area contributed by atoms with Crippen LogP contribution in [0.5, 0.6) is 0 Å². The molecule has 12 heavy (non-hydrogen) atoms. The fraction of sp³-hybridized carbons (Fsp3) is 0.500. The number of hydrogen-bond acceptors (Lipinski definition) is 2. The first-order valence-corrected chi connectivity index (χ1v) is 4.45. The molecule has 64 valence electrons. The van der Waals surface area contributed by atoms with E-state index in [0.29, 0.717) is 11.8 Å². The second-order valence-corrected chi connectivity index (χ2v) is 3.54. The summed E-state index contributed by atoms with van der Waals surface area (Å²) in [6.45, 7) is 2.84. The fourth-order valence-corrected chi connectivity index (χ4v) is 1.64. The van der Waals surface area contributed by atoms with Crippen LogP contribution in [0.2, 0.25) is 0 Å². The molecule has 0 spiro atoms. The number of nitrogens with two attached hydrogens (primary N) is 1. The van der Waals surface area contributed by atoms with Crippen LogP contribution < -0.4 is 5.73 Å². The van der Waals surface area contributed by atoms with E-state index in [9.17, 15) is 0 Å². The van der Waals surface area contributed by atoms with Gasteiger partial charge in [0.05, 0.1) is 0 Å². The molecule has 0 radical (unpaired) electrons. The number of aryl methyl sites for hydroxylation is 1. The van der Waals surface area contributed by atoms with Crippen molar-refractivity contribution in [1.29, 1.82) is 0 Å². The maximum atomic E-state index is 5.57. The van der Waals surface area contributed by atoms with Gasteiger partial charge in [-0.25, -0.2) is 0 Å². The van der Waals surface area contributed by atoms with Gasteiger partial charge < -0.3 is 5.73 Å². The summed E-state index contributed by atoms with van der Waals surface area (Å²) in [4.78, 5) is 4.48. The average molecular weight is 162 g/mol. The Morgan fingerprint density at radius 2 is 2.42 bits per heavy atom.